The molecule has 1 saturated heterocycles. The van der Waals surface area contributed by atoms with E-state index >= 15 is 0 Å². The molecule has 0 radical (unpaired) electrons. The average Bonchev–Trinajstić information content (AvgIpc) is 2.91. The van der Waals surface area contributed by atoms with Crippen LogP contribution in [0.1, 0.15) is 18.9 Å². The van der Waals surface area contributed by atoms with E-state index in [4.69, 9.17) is 16.3 Å². The molecule has 1 aliphatic heterocycles. The molecule has 1 heterocycles. The Morgan fingerprint density at radius 2 is 1.94 bits per heavy atom. The Bertz CT molecular complexity index is 938. The van der Waals surface area contributed by atoms with Crippen molar-refractivity contribution in [2.45, 2.75) is 26.0 Å². The predicted molar refractivity (Wildman–Crippen MR) is 122 cm³/mol. The first-order valence-electron chi connectivity index (χ1n) is 10.5. The van der Waals surface area contributed by atoms with E-state index in [1.807, 2.05) is 34.1 Å². The number of β-amino-alcohol motifs (C(OH)–C–C–N with tert-alkyl or cyclic N) is 1. The van der Waals surface area contributed by atoms with E-state index in [0.29, 0.717) is 49.9 Å². The molecule has 8 nitrogen and oxygen atoms in total. The Labute approximate surface area is 192 Å². The summed E-state index contributed by atoms with van der Waals surface area (Å²) in [6.45, 7) is 3.98. The molecule has 32 heavy (non-hydrogen) atoms. The number of hydrogen-bond acceptors (Lipinski definition) is 6. The first kappa shape index (κ1) is 23.8. The third-order valence-electron chi connectivity index (χ3n) is 5.14. The second kappa shape index (κ2) is 11.2. The zero-order valence-electron chi connectivity index (χ0n) is 18.0. The topological polar surface area (TPSA) is 102 Å². The lowest BCUT2D eigenvalue weighted by atomic mass is 10.2. The molecular weight excluding hydrogens is 434 g/mol. The van der Waals surface area contributed by atoms with Crippen molar-refractivity contribution in [3.63, 3.8) is 0 Å². The van der Waals surface area contributed by atoms with E-state index in [0.717, 1.165) is 5.56 Å². The highest BCUT2D eigenvalue weighted by molar-refractivity contribution is 6.30. The normalized spacial score (nSPS) is 15.8. The van der Waals surface area contributed by atoms with Crippen LogP contribution < -0.4 is 10.1 Å². The number of phenols is 1. The van der Waals surface area contributed by atoms with Crippen LogP contribution in [0.25, 0.3) is 0 Å². The molecule has 1 aliphatic rings. The van der Waals surface area contributed by atoms with Gasteiger partial charge in [0.15, 0.2) is 0 Å². The van der Waals surface area contributed by atoms with E-state index in [2.05, 4.69) is 5.32 Å². The molecule has 0 saturated carbocycles. The maximum absolute atomic E-state index is 12.5. The number of rotatable bonds is 8. The summed E-state index contributed by atoms with van der Waals surface area (Å²) >= 11 is 5.93. The number of halogens is 1. The van der Waals surface area contributed by atoms with Crippen molar-refractivity contribution in [2.24, 2.45) is 0 Å². The monoisotopic (exact) mass is 461 g/mol. The van der Waals surface area contributed by atoms with Crippen molar-refractivity contribution in [3.8, 4) is 11.5 Å². The zero-order chi connectivity index (χ0) is 23.1. The Balaban J connectivity index is 1.51. The molecular formula is C23H28ClN3O5. The fourth-order valence-electron chi connectivity index (χ4n) is 3.53. The molecule has 0 aromatic heterocycles. The van der Waals surface area contributed by atoms with Gasteiger partial charge in [-0.2, -0.15) is 0 Å². The molecule has 1 atom stereocenters. The van der Waals surface area contributed by atoms with Crippen molar-refractivity contribution in [3.05, 3.63) is 53.1 Å². The number of anilines is 1. The van der Waals surface area contributed by atoms with Crippen LogP contribution in [-0.4, -0.2) is 70.7 Å². The molecule has 2 aromatic carbocycles. The van der Waals surface area contributed by atoms with Crippen molar-refractivity contribution in [1.82, 2.24) is 9.80 Å². The quantitative estimate of drug-likeness (QED) is 0.522. The number of nitrogens with one attached hydrogen (secondary N) is 1. The highest BCUT2D eigenvalue weighted by Gasteiger charge is 2.23. The van der Waals surface area contributed by atoms with Crippen molar-refractivity contribution in [2.75, 3.05) is 38.1 Å². The van der Waals surface area contributed by atoms with E-state index < -0.39 is 6.10 Å². The molecule has 3 rings (SSSR count). The summed E-state index contributed by atoms with van der Waals surface area (Å²) in [6.07, 6.45) is -0.430. The fourth-order valence-corrected chi connectivity index (χ4v) is 3.66. The Morgan fingerprint density at radius 3 is 2.66 bits per heavy atom. The minimum Gasteiger partial charge on any atom is -0.508 e. The lowest BCUT2D eigenvalue weighted by Gasteiger charge is -2.24. The van der Waals surface area contributed by atoms with Crippen LogP contribution in [0.2, 0.25) is 5.02 Å². The smallest absolute Gasteiger partial charge is 0.224 e. The number of carbonyl (C=O) groups is 2. The Kier molecular flexibility index (Phi) is 8.33. The second-order valence-electron chi connectivity index (χ2n) is 7.82. The fraction of sp³-hybridized carbons (Fsp3) is 0.391. The molecule has 0 unspecified atom stereocenters. The summed E-state index contributed by atoms with van der Waals surface area (Å²) in [6, 6.07) is 11.8. The van der Waals surface area contributed by atoms with Crippen LogP contribution in [0.5, 0.6) is 11.5 Å². The SMILES string of the molecule is CC(=O)Nc1ccc(O)cc1OC[C@@H](O)CN1CCC(=O)N(Cc2ccc(Cl)cc2)CC1. The summed E-state index contributed by atoms with van der Waals surface area (Å²) < 4.78 is 5.64. The number of benzene rings is 2. The van der Waals surface area contributed by atoms with Crippen molar-refractivity contribution >= 4 is 29.1 Å². The number of hydrogen-bond donors (Lipinski definition) is 3. The predicted octanol–water partition coefficient (Wildman–Crippen LogP) is 2.48. The number of nitrogens with zero attached hydrogens (tertiary/aromatic N) is 2. The summed E-state index contributed by atoms with van der Waals surface area (Å²) in [5.74, 6) is 0.0845. The molecule has 3 N–H and O–H groups in total. The number of aliphatic hydroxyl groups excluding tert-OH is 1. The number of carbonyl (C=O) groups excluding carboxylic acids is 2. The molecule has 0 spiro atoms. The number of aliphatic hydroxyl groups is 1. The standard InChI is InChI=1S/C23H28ClN3O5/c1-16(28)25-21-7-6-19(29)12-22(21)32-15-20(30)14-26-9-8-23(31)27(11-10-26)13-17-2-4-18(24)5-3-17/h2-7,12,20,29-30H,8-11,13-15H2,1H3,(H,25,28)/t20-/m0/s1. The van der Waals surface area contributed by atoms with E-state index in [-0.39, 0.29) is 29.9 Å². The maximum atomic E-state index is 12.5. The average molecular weight is 462 g/mol. The molecule has 1 fully saturated rings. The molecule has 2 amide bonds. The van der Waals surface area contributed by atoms with Gasteiger partial charge in [-0.25, -0.2) is 0 Å². The minimum atomic E-state index is -0.805. The largest absolute Gasteiger partial charge is 0.508 e. The van der Waals surface area contributed by atoms with Gasteiger partial charge in [-0.3, -0.25) is 14.5 Å². The van der Waals surface area contributed by atoms with Crippen molar-refractivity contribution in [1.29, 1.82) is 0 Å². The van der Waals surface area contributed by atoms with Crippen LogP contribution >= 0.6 is 11.6 Å². The van der Waals surface area contributed by atoms with Crippen LogP contribution in [0.4, 0.5) is 5.69 Å². The molecule has 2 aromatic rings. The van der Waals surface area contributed by atoms with Gasteiger partial charge in [0.1, 0.15) is 24.2 Å². The first-order chi connectivity index (χ1) is 15.3. The van der Waals surface area contributed by atoms with Gasteiger partial charge in [0, 0.05) is 57.2 Å². The van der Waals surface area contributed by atoms with Gasteiger partial charge in [-0.15, -0.1) is 0 Å². The minimum absolute atomic E-state index is 0.00426. The molecule has 9 heteroatoms. The first-order valence-corrected chi connectivity index (χ1v) is 10.8. The van der Waals surface area contributed by atoms with Gasteiger partial charge in [0.25, 0.3) is 0 Å². The lowest BCUT2D eigenvalue weighted by molar-refractivity contribution is -0.131. The van der Waals surface area contributed by atoms with Crippen LogP contribution in [0.15, 0.2) is 42.5 Å². The highest BCUT2D eigenvalue weighted by atomic mass is 35.5. The summed E-state index contributed by atoms with van der Waals surface area (Å²) in [5, 5.41) is 23.4. The van der Waals surface area contributed by atoms with Crippen LogP contribution in [0.3, 0.4) is 0 Å². The Morgan fingerprint density at radius 1 is 1.19 bits per heavy atom. The second-order valence-corrected chi connectivity index (χ2v) is 8.26. The molecule has 0 bridgehead atoms. The van der Waals surface area contributed by atoms with Gasteiger partial charge >= 0.3 is 0 Å². The number of aromatic hydroxyl groups is 1. The van der Waals surface area contributed by atoms with Crippen LogP contribution in [0, 0.1) is 0 Å². The molecule has 172 valence electrons. The summed E-state index contributed by atoms with van der Waals surface area (Å²) in [7, 11) is 0. The number of amides is 2. The maximum Gasteiger partial charge on any atom is 0.224 e. The van der Waals surface area contributed by atoms with E-state index in [9.17, 15) is 19.8 Å². The number of phenolic OH excluding ortho intramolecular Hbond substituents is 1. The zero-order valence-corrected chi connectivity index (χ0v) is 18.7. The van der Waals surface area contributed by atoms with Crippen LogP contribution in [-0.2, 0) is 16.1 Å². The van der Waals surface area contributed by atoms with Gasteiger partial charge in [0.2, 0.25) is 11.8 Å². The van der Waals surface area contributed by atoms with E-state index in [1.165, 1.54) is 25.1 Å². The summed E-state index contributed by atoms with van der Waals surface area (Å²) in [5.41, 5.74) is 1.44. The summed E-state index contributed by atoms with van der Waals surface area (Å²) in [4.78, 5) is 27.7. The van der Waals surface area contributed by atoms with Gasteiger partial charge in [-0.05, 0) is 29.8 Å². The third-order valence-corrected chi connectivity index (χ3v) is 5.40. The van der Waals surface area contributed by atoms with Gasteiger partial charge in [0.05, 0.1) is 5.69 Å². The Hall–Kier alpha value is -2.81. The van der Waals surface area contributed by atoms with Gasteiger partial charge in [-0.1, -0.05) is 23.7 Å². The number of ether oxygens (including phenoxy) is 1. The van der Waals surface area contributed by atoms with Gasteiger partial charge < -0.3 is 25.2 Å². The third kappa shape index (κ3) is 7.12. The van der Waals surface area contributed by atoms with Crippen molar-refractivity contribution < 1.29 is 24.5 Å². The highest BCUT2D eigenvalue weighted by Crippen LogP contribution is 2.29. The molecule has 0 aliphatic carbocycles. The van der Waals surface area contributed by atoms with E-state index in [1.54, 1.807) is 0 Å². The lowest BCUT2D eigenvalue weighted by Crippen LogP contribution is -2.38.